The van der Waals surface area contributed by atoms with Crippen molar-refractivity contribution in [2.24, 2.45) is 0 Å². The van der Waals surface area contributed by atoms with Gasteiger partial charge in [0.25, 0.3) is 0 Å². The summed E-state index contributed by atoms with van der Waals surface area (Å²) in [6, 6.07) is 11.7. The maximum Gasteiger partial charge on any atom is 0.145 e. The van der Waals surface area contributed by atoms with Crippen LogP contribution in [-0.2, 0) is 6.54 Å². The van der Waals surface area contributed by atoms with Crippen LogP contribution < -0.4 is 5.32 Å². The molecule has 0 atom stereocenters. The lowest BCUT2D eigenvalue weighted by molar-refractivity contribution is 0.332. The maximum absolute atomic E-state index is 8.71. The van der Waals surface area contributed by atoms with Crippen LogP contribution >= 0.6 is 0 Å². The van der Waals surface area contributed by atoms with Crippen LogP contribution in [0.25, 0.3) is 0 Å². The zero-order valence-electron chi connectivity index (χ0n) is 10.8. The minimum absolute atomic E-state index is 0.0796. The van der Waals surface area contributed by atoms with E-state index < -0.39 is 0 Å². The molecule has 4 heteroatoms. The predicted molar refractivity (Wildman–Crippen MR) is 73.9 cm³/mol. The van der Waals surface area contributed by atoms with Gasteiger partial charge in [0.2, 0.25) is 0 Å². The van der Waals surface area contributed by atoms with Crippen LogP contribution in [0.4, 0.5) is 5.69 Å². The molecular formula is C15H16N4. The number of nitrogens with one attached hydrogen (secondary N) is 1. The molecule has 1 aliphatic rings. The lowest BCUT2D eigenvalue weighted by atomic mass is 10.1. The largest absolute Gasteiger partial charge is 0.360 e. The topological polar surface area (TPSA) is 62.9 Å². The highest BCUT2D eigenvalue weighted by molar-refractivity contribution is 5.55. The highest BCUT2D eigenvalue weighted by Crippen LogP contribution is 2.20. The van der Waals surface area contributed by atoms with Crippen molar-refractivity contribution in [1.82, 2.24) is 4.90 Å². The third kappa shape index (κ3) is 3.58. The number of hydrogen-bond acceptors (Lipinski definition) is 4. The molecule has 1 N–H and O–H groups in total. The van der Waals surface area contributed by atoms with E-state index in [2.05, 4.69) is 16.3 Å². The Morgan fingerprint density at radius 2 is 1.89 bits per heavy atom. The molecule has 19 heavy (non-hydrogen) atoms. The van der Waals surface area contributed by atoms with E-state index in [9.17, 15) is 0 Å². The monoisotopic (exact) mass is 252 g/mol. The molecule has 1 heterocycles. The number of benzene rings is 1. The van der Waals surface area contributed by atoms with Crippen LogP contribution in [0, 0.1) is 22.7 Å². The Bertz CT molecular complexity index is 526. The fourth-order valence-corrected chi connectivity index (χ4v) is 2.22. The normalized spacial score (nSPS) is 14.4. The summed E-state index contributed by atoms with van der Waals surface area (Å²) in [6.45, 7) is 3.20. The molecule has 0 unspecified atom stereocenters. The van der Waals surface area contributed by atoms with Crippen molar-refractivity contribution < 1.29 is 0 Å². The van der Waals surface area contributed by atoms with Crippen LogP contribution in [0.2, 0.25) is 0 Å². The van der Waals surface area contributed by atoms with E-state index in [0.717, 1.165) is 25.3 Å². The first-order chi connectivity index (χ1) is 9.33. The molecule has 96 valence electrons. The average molecular weight is 252 g/mol. The molecule has 0 aromatic heterocycles. The second-order valence-electron chi connectivity index (χ2n) is 4.57. The van der Waals surface area contributed by atoms with Crippen molar-refractivity contribution in [1.29, 1.82) is 10.5 Å². The fourth-order valence-electron chi connectivity index (χ4n) is 2.22. The van der Waals surface area contributed by atoms with Gasteiger partial charge < -0.3 is 5.32 Å². The Balaban J connectivity index is 2.10. The Labute approximate surface area is 113 Å². The van der Waals surface area contributed by atoms with E-state index >= 15 is 0 Å². The van der Waals surface area contributed by atoms with Gasteiger partial charge in [-0.3, -0.25) is 4.90 Å². The van der Waals surface area contributed by atoms with Gasteiger partial charge in [-0.2, -0.15) is 10.5 Å². The van der Waals surface area contributed by atoms with Crippen molar-refractivity contribution in [3.05, 3.63) is 41.6 Å². The van der Waals surface area contributed by atoms with Crippen LogP contribution in [0.5, 0.6) is 0 Å². The molecule has 0 amide bonds. The van der Waals surface area contributed by atoms with Gasteiger partial charge in [0.1, 0.15) is 17.7 Å². The molecule has 1 saturated heterocycles. The average Bonchev–Trinajstić information content (AvgIpc) is 2.94. The van der Waals surface area contributed by atoms with E-state index in [1.165, 1.54) is 24.6 Å². The van der Waals surface area contributed by atoms with E-state index in [-0.39, 0.29) is 5.57 Å². The highest BCUT2D eigenvalue weighted by Gasteiger charge is 2.13. The first kappa shape index (κ1) is 13.1. The lowest BCUT2D eigenvalue weighted by Gasteiger charge is -2.17. The zero-order chi connectivity index (χ0) is 13.5. The molecule has 1 aromatic rings. The van der Waals surface area contributed by atoms with Crippen LogP contribution in [0.15, 0.2) is 36.0 Å². The van der Waals surface area contributed by atoms with Crippen molar-refractivity contribution >= 4 is 5.69 Å². The summed E-state index contributed by atoms with van der Waals surface area (Å²) in [7, 11) is 0. The first-order valence-corrected chi connectivity index (χ1v) is 6.40. The Morgan fingerprint density at radius 3 is 2.58 bits per heavy atom. The summed E-state index contributed by atoms with van der Waals surface area (Å²) in [6.07, 6.45) is 3.99. The number of anilines is 1. The third-order valence-electron chi connectivity index (χ3n) is 3.22. The first-order valence-electron chi connectivity index (χ1n) is 6.40. The van der Waals surface area contributed by atoms with Crippen LogP contribution in [-0.4, -0.2) is 18.0 Å². The summed E-state index contributed by atoms with van der Waals surface area (Å²) in [5, 5.41) is 20.5. The smallest absolute Gasteiger partial charge is 0.145 e. The van der Waals surface area contributed by atoms with Crippen LogP contribution in [0.3, 0.4) is 0 Å². The zero-order valence-corrected chi connectivity index (χ0v) is 10.8. The Hall–Kier alpha value is -2.30. The predicted octanol–water partition coefficient (Wildman–Crippen LogP) is 2.63. The van der Waals surface area contributed by atoms with Crippen LogP contribution in [0.1, 0.15) is 18.4 Å². The number of allylic oxidation sites excluding steroid dienone is 1. The molecule has 1 aromatic carbocycles. The van der Waals surface area contributed by atoms with Gasteiger partial charge in [0, 0.05) is 18.4 Å². The molecule has 4 nitrogen and oxygen atoms in total. The number of rotatable bonds is 4. The van der Waals surface area contributed by atoms with E-state index in [0.29, 0.717) is 0 Å². The summed E-state index contributed by atoms with van der Waals surface area (Å²) < 4.78 is 0. The maximum atomic E-state index is 8.71. The van der Waals surface area contributed by atoms with E-state index in [4.69, 9.17) is 10.5 Å². The number of likely N-dealkylation sites (tertiary alicyclic amines) is 1. The molecule has 0 saturated carbocycles. The van der Waals surface area contributed by atoms with Gasteiger partial charge in [-0.1, -0.05) is 18.2 Å². The quantitative estimate of drug-likeness (QED) is 0.837. The molecule has 0 radical (unpaired) electrons. The van der Waals surface area contributed by atoms with Gasteiger partial charge in [0.15, 0.2) is 0 Å². The highest BCUT2D eigenvalue weighted by atomic mass is 15.1. The molecule has 1 fully saturated rings. The Morgan fingerprint density at radius 1 is 1.21 bits per heavy atom. The van der Waals surface area contributed by atoms with Gasteiger partial charge in [-0.05, 0) is 37.6 Å². The summed E-state index contributed by atoms with van der Waals surface area (Å²) in [5.74, 6) is 0. The van der Waals surface area contributed by atoms with Crippen molar-refractivity contribution in [3.63, 3.8) is 0 Å². The number of hydrogen-bond donors (Lipinski definition) is 1. The summed E-state index contributed by atoms with van der Waals surface area (Å²) in [4.78, 5) is 2.42. The Kier molecular flexibility index (Phi) is 4.55. The minimum Gasteiger partial charge on any atom is -0.360 e. The van der Waals surface area contributed by atoms with Crippen molar-refractivity contribution in [2.75, 3.05) is 18.4 Å². The van der Waals surface area contributed by atoms with E-state index in [1.54, 1.807) is 0 Å². The van der Waals surface area contributed by atoms with Gasteiger partial charge in [-0.25, -0.2) is 0 Å². The van der Waals surface area contributed by atoms with Gasteiger partial charge in [0.05, 0.1) is 0 Å². The second kappa shape index (κ2) is 6.58. The van der Waals surface area contributed by atoms with Crippen molar-refractivity contribution in [2.45, 2.75) is 19.4 Å². The number of para-hydroxylation sites is 1. The van der Waals surface area contributed by atoms with Gasteiger partial charge in [-0.15, -0.1) is 0 Å². The van der Waals surface area contributed by atoms with Gasteiger partial charge >= 0.3 is 0 Å². The lowest BCUT2D eigenvalue weighted by Crippen LogP contribution is -2.19. The second-order valence-corrected chi connectivity index (χ2v) is 4.57. The number of nitriles is 2. The molecule has 0 bridgehead atoms. The minimum atomic E-state index is 0.0796. The summed E-state index contributed by atoms with van der Waals surface area (Å²) in [5.41, 5.74) is 2.23. The molecule has 0 spiro atoms. The molecule has 2 rings (SSSR count). The SMILES string of the molecule is N#CC(C#N)=CNc1ccccc1CN1CCCC1. The van der Waals surface area contributed by atoms with Crippen molar-refractivity contribution in [3.8, 4) is 12.1 Å². The number of nitrogens with zero attached hydrogens (tertiary/aromatic N) is 3. The molecule has 0 aliphatic carbocycles. The molecule has 1 aliphatic heterocycles. The standard InChI is InChI=1S/C15H16N4/c16-9-13(10-17)11-18-15-6-2-1-5-14(15)12-19-7-3-4-8-19/h1-2,5-6,11,18H,3-4,7-8,12H2. The third-order valence-corrected chi connectivity index (χ3v) is 3.22. The molecular weight excluding hydrogens is 236 g/mol. The van der Waals surface area contributed by atoms with E-state index in [1.807, 2.05) is 30.3 Å². The fraction of sp³-hybridized carbons (Fsp3) is 0.333. The summed E-state index contributed by atoms with van der Waals surface area (Å²) >= 11 is 0.